The lowest BCUT2D eigenvalue weighted by atomic mass is 9.78. The number of likely N-dealkylation sites (tertiary alicyclic amines) is 1. The van der Waals surface area contributed by atoms with Crippen LogP contribution in [0.4, 0.5) is 0 Å². The highest BCUT2D eigenvalue weighted by atomic mass is 16.5. The van der Waals surface area contributed by atoms with Crippen LogP contribution in [0.25, 0.3) is 0 Å². The predicted octanol–water partition coefficient (Wildman–Crippen LogP) is 2.77. The maximum Gasteiger partial charge on any atom is 0.226 e. The normalized spacial score (nSPS) is 22.0. The standard InChI is InChI=1S/C21H31NO4/c1-15-12-16(2)17(3)19(13-15)26-9-5-20(24)22-8-4-18(14-23)21(22)6-10-25-11-7-21/h12-13,18,23H,4-11,14H2,1-3H3. The number of rotatable bonds is 5. The molecule has 0 aliphatic carbocycles. The summed E-state index contributed by atoms with van der Waals surface area (Å²) >= 11 is 0. The zero-order chi connectivity index (χ0) is 18.7. The Morgan fingerprint density at radius 1 is 1.31 bits per heavy atom. The number of carbonyl (C=O) groups excluding carboxylic acids is 1. The van der Waals surface area contributed by atoms with Gasteiger partial charge in [-0.1, -0.05) is 6.07 Å². The summed E-state index contributed by atoms with van der Waals surface area (Å²) < 4.78 is 11.4. The summed E-state index contributed by atoms with van der Waals surface area (Å²) in [6, 6.07) is 4.17. The number of aryl methyl sites for hydroxylation is 2. The Morgan fingerprint density at radius 2 is 2.04 bits per heavy atom. The highest BCUT2D eigenvalue weighted by molar-refractivity contribution is 5.77. The Labute approximate surface area is 156 Å². The number of carbonyl (C=O) groups is 1. The highest BCUT2D eigenvalue weighted by Gasteiger charge is 2.50. The lowest BCUT2D eigenvalue weighted by Gasteiger charge is -2.44. The van der Waals surface area contributed by atoms with Gasteiger partial charge in [-0.25, -0.2) is 0 Å². The van der Waals surface area contributed by atoms with E-state index in [2.05, 4.69) is 26.8 Å². The van der Waals surface area contributed by atoms with E-state index >= 15 is 0 Å². The van der Waals surface area contributed by atoms with E-state index in [-0.39, 0.29) is 24.0 Å². The van der Waals surface area contributed by atoms with Gasteiger partial charge in [0, 0.05) is 32.3 Å². The Kier molecular flexibility index (Phi) is 5.88. The van der Waals surface area contributed by atoms with Crippen LogP contribution in [0.1, 0.15) is 42.4 Å². The lowest BCUT2D eigenvalue weighted by molar-refractivity contribution is -0.141. The minimum Gasteiger partial charge on any atom is -0.493 e. The highest BCUT2D eigenvalue weighted by Crippen LogP contribution is 2.42. The van der Waals surface area contributed by atoms with Crippen molar-refractivity contribution in [2.24, 2.45) is 5.92 Å². The quantitative estimate of drug-likeness (QED) is 0.876. The van der Waals surface area contributed by atoms with Crippen LogP contribution in [0.15, 0.2) is 12.1 Å². The molecule has 1 aromatic rings. The van der Waals surface area contributed by atoms with Crippen molar-refractivity contribution >= 4 is 5.91 Å². The van der Waals surface area contributed by atoms with Crippen molar-refractivity contribution in [2.75, 3.05) is 33.0 Å². The van der Waals surface area contributed by atoms with Gasteiger partial charge in [0.05, 0.1) is 18.6 Å². The first-order valence-electron chi connectivity index (χ1n) is 9.67. The Hall–Kier alpha value is -1.59. The molecule has 1 unspecified atom stereocenters. The van der Waals surface area contributed by atoms with Gasteiger partial charge in [-0.15, -0.1) is 0 Å². The third-order valence-corrected chi connectivity index (χ3v) is 6.22. The molecule has 2 fully saturated rings. The fourth-order valence-corrected chi connectivity index (χ4v) is 4.57. The Morgan fingerprint density at radius 3 is 2.73 bits per heavy atom. The average molecular weight is 361 g/mol. The lowest BCUT2D eigenvalue weighted by Crippen LogP contribution is -2.54. The van der Waals surface area contributed by atoms with Crippen LogP contribution >= 0.6 is 0 Å². The fraction of sp³-hybridized carbons (Fsp3) is 0.667. The molecular weight excluding hydrogens is 330 g/mol. The molecule has 1 amide bonds. The van der Waals surface area contributed by atoms with Crippen molar-refractivity contribution in [2.45, 2.75) is 52.0 Å². The molecule has 2 aliphatic rings. The molecule has 0 bridgehead atoms. The fourth-order valence-electron chi connectivity index (χ4n) is 4.57. The van der Waals surface area contributed by atoms with E-state index in [4.69, 9.17) is 9.47 Å². The van der Waals surface area contributed by atoms with Crippen LogP contribution in [-0.4, -0.2) is 54.4 Å². The number of aliphatic hydroxyl groups excluding tert-OH is 1. The minimum atomic E-state index is -0.222. The zero-order valence-corrected chi connectivity index (χ0v) is 16.2. The van der Waals surface area contributed by atoms with Crippen molar-refractivity contribution in [3.63, 3.8) is 0 Å². The second kappa shape index (κ2) is 7.97. The maximum atomic E-state index is 12.9. The number of aliphatic hydroxyl groups is 1. The van der Waals surface area contributed by atoms with Crippen LogP contribution in [-0.2, 0) is 9.53 Å². The van der Waals surface area contributed by atoms with Gasteiger partial charge in [0.2, 0.25) is 5.91 Å². The topological polar surface area (TPSA) is 59.0 Å². The molecule has 1 N–H and O–H groups in total. The minimum absolute atomic E-state index is 0.130. The molecule has 5 heteroatoms. The first-order chi connectivity index (χ1) is 12.5. The molecule has 2 aliphatic heterocycles. The van der Waals surface area contributed by atoms with E-state index in [0.29, 0.717) is 26.2 Å². The molecule has 2 heterocycles. The smallest absolute Gasteiger partial charge is 0.226 e. The molecular formula is C21H31NO4. The molecule has 144 valence electrons. The Balaban J connectivity index is 1.63. The number of benzene rings is 1. The van der Waals surface area contributed by atoms with E-state index < -0.39 is 0 Å². The number of amides is 1. The molecule has 1 atom stereocenters. The molecule has 3 rings (SSSR count). The summed E-state index contributed by atoms with van der Waals surface area (Å²) in [6.07, 6.45) is 2.88. The van der Waals surface area contributed by atoms with Crippen molar-refractivity contribution in [3.8, 4) is 5.75 Å². The van der Waals surface area contributed by atoms with Crippen LogP contribution in [0.3, 0.4) is 0 Å². The van der Waals surface area contributed by atoms with Crippen LogP contribution in [0.5, 0.6) is 5.75 Å². The molecule has 26 heavy (non-hydrogen) atoms. The number of nitrogens with zero attached hydrogens (tertiary/aromatic N) is 1. The molecule has 0 aromatic heterocycles. The number of ether oxygens (including phenoxy) is 2. The SMILES string of the molecule is Cc1cc(C)c(C)c(OCCC(=O)N2CCC(CO)C23CCOCC3)c1. The van der Waals surface area contributed by atoms with Gasteiger partial charge >= 0.3 is 0 Å². The Bertz CT molecular complexity index is 652. The summed E-state index contributed by atoms with van der Waals surface area (Å²) in [7, 11) is 0. The second-order valence-corrected chi connectivity index (χ2v) is 7.73. The van der Waals surface area contributed by atoms with Gasteiger partial charge in [0.1, 0.15) is 5.75 Å². The van der Waals surface area contributed by atoms with E-state index in [1.54, 1.807) is 0 Å². The third-order valence-electron chi connectivity index (χ3n) is 6.22. The van der Waals surface area contributed by atoms with Gasteiger partial charge in [0.15, 0.2) is 0 Å². The summed E-state index contributed by atoms with van der Waals surface area (Å²) in [6.45, 7) is 8.77. The molecule has 0 saturated carbocycles. The van der Waals surface area contributed by atoms with Crippen LogP contribution < -0.4 is 4.74 Å². The van der Waals surface area contributed by atoms with Gasteiger partial charge in [-0.05, 0) is 62.8 Å². The first-order valence-corrected chi connectivity index (χ1v) is 9.67. The summed E-state index contributed by atoms with van der Waals surface area (Å²) in [5.41, 5.74) is 3.28. The van der Waals surface area contributed by atoms with Crippen molar-refractivity contribution in [3.05, 3.63) is 28.8 Å². The van der Waals surface area contributed by atoms with Gasteiger partial charge in [-0.3, -0.25) is 4.79 Å². The summed E-state index contributed by atoms with van der Waals surface area (Å²) in [5.74, 6) is 1.16. The van der Waals surface area contributed by atoms with Crippen LogP contribution in [0, 0.1) is 26.7 Å². The largest absolute Gasteiger partial charge is 0.493 e. The zero-order valence-electron chi connectivity index (χ0n) is 16.2. The van der Waals surface area contributed by atoms with Crippen LogP contribution in [0.2, 0.25) is 0 Å². The van der Waals surface area contributed by atoms with E-state index in [0.717, 1.165) is 37.1 Å². The van der Waals surface area contributed by atoms with Crippen molar-refractivity contribution < 1.29 is 19.4 Å². The second-order valence-electron chi connectivity index (χ2n) is 7.73. The van der Waals surface area contributed by atoms with Gasteiger partial charge in [0.25, 0.3) is 0 Å². The van der Waals surface area contributed by atoms with E-state index in [1.807, 2.05) is 11.0 Å². The van der Waals surface area contributed by atoms with Crippen molar-refractivity contribution in [1.82, 2.24) is 4.90 Å². The molecule has 5 nitrogen and oxygen atoms in total. The predicted molar refractivity (Wildman–Crippen MR) is 100 cm³/mol. The van der Waals surface area contributed by atoms with Gasteiger partial charge < -0.3 is 19.5 Å². The average Bonchev–Trinajstić information content (AvgIpc) is 2.97. The van der Waals surface area contributed by atoms with Gasteiger partial charge in [-0.2, -0.15) is 0 Å². The first kappa shape index (κ1) is 19.2. The maximum absolute atomic E-state index is 12.9. The summed E-state index contributed by atoms with van der Waals surface area (Å²) in [4.78, 5) is 14.9. The monoisotopic (exact) mass is 361 g/mol. The molecule has 2 saturated heterocycles. The molecule has 0 radical (unpaired) electrons. The van der Waals surface area contributed by atoms with Crippen molar-refractivity contribution in [1.29, 1.82) is 0 Å². The van der Waals surface area contributed by atoms with E-state index in [1.165, 1.54) is 11.1 Å². The number of hydrogen-bond donors (Lipinski definition) is 1. The van der Waals surface area contributed by atoms with E-state index in [9.17, 15) is 9.90 Å². The third kappa shape index (κ3) is 3.60. The molecule has 1 aromatic carbocycles. The number of hydrogen-bond acceptors (Lipinski definition) is 4. The summed E-state index contributed by atoms with van der Waals surface area (Å²) in [5, 5.41) is 9.79. The molecule has 1 spiro atoms.